The number of ether oxygens (including phenoxy) is 3. The summed E-state index contributed by atoms with van der Waals surface area (Å²) < 4.78 is 16.5. The number of hydrogen-bond donors (Lipinski definition) is 1. The van der Waals surface area contributed by atoms with E-state index in [1.807, 2.05) is 27.7 Å². The Morgan fingerprint density at radius 1 is 1.08 bits per heavy atom. The number of carbonyl (C=O) groups excluding carboxylic acids is 2. The molecule has 3 aliphatic rings. The summed E-state index contributed by atoms with van der Waals surface area (Å²) in [5.41, 5.74) is 5.51. The second-order valence-corrected chi connectivity index (χ2v) is 9.93. The van der Waals surface area contributed by atoms with Crippen LogP contribution in [0.5, 0.6) is 0 Å². The second kappa shape index (κ2) is 12.1. The zero-order valence-corrected chi connectivity index (χ0v) is 22.6. The summed E-state index contributed by atoms with van der Waals surface area (Å²) in [6.45, 7) is 13.4. The number of esters is 1. The van der Waals surface area contributed by atoms with Crippen LogP contribution in [-0.4, -0.2) is 90.9 Å². The van der Waals surface area contributed by atoms with Crippen molar-refractivity contribution in [3.8, 4) is 0 Å². The number of nitrogens with one attached hydrogen (secondary N) is 1. The van der Waals surface area contributed by atoms with E-state index >= 15 is 0 Å². The van der Waals surface area contributed by atoms with Crippen LogP contribution in [0.15, 0.2) is 23.5 Å². The number of allylic oxidation sites excluding steroid dienone is 1. The van der Waals surface area contributed by atoms with Crippen LogP contribution in [-0.2, 0) is 30.3 Å². The third-order valence-corrected chi connectivity index (χ3v) is 7.54. The minimum atomic E-state index is -0.479. The summed E-state index contributed by atoms with van der Waals surface area (Å²) in [5.74, 6) is -0.590. The van der Waals surface area contributed by atoms with Gasteiger partial charge in [0.2, 0.25) is 12.2 Å². The first-order valence-corrected chi connectivity index (χ1v) is 13.1. The standard InChI is InChI=1S/C27H39N5O5/c1-6-36-27-25-20(7-8-21(25)22(16-37-27)26(34)35-5)13-28-24(33)15-32-11-9-31(10-12-32)14-23-19(4)29-17(2)18(3)30-23/h7,16,21,25,27H,6,8-15H2,1-5H3,(H,28,33). The summed E-state index contributed by atoms with van der Waals surface area (Å²) >= 11 is 0. The molecule has 0 radical (unpaired) electrons. The van der Waals surface area contributed by atoms with E-state index in [9.17, 15) is 9.59 Å². The van der Waals surface area contributed by atoms with Crippen LogP contribution in [0.2, 0.25) is 0 Å². The van der Waals surface area contributed by atoms with Gasteiger partial charge in [0.25, 0.3) is 0 Å². The maximum atomic E-state index is 12.8. The highest BCUT2D eigenvalue weighted by atomic mass is 16.7. The van der Waals surface area contributed by atoms with Crippen LogP contribution in [0.25, 0.3) is 0 Å². The molecule has 3 heterocycles. The minimum absolute atomic E-state index is 0.0120. The van der Waals surface area contributed by atoms with Gasteiger partial charge in [-0.2, -0.15) is 0 Å². The highest BCUT2D eigenvalue weighted by Crippen LogP contribution is 2.43. The number of hydrogen-bond acceptors (Lipinski definition) is 9. The topological polar surface area (TPSA) is 106 Å². The molecule has 1 aliphatic carbocycles. The van der Waals surface area contributed by atoms with Crippen LogP contribution >= 0.6 is 0 Å². The van der Waals surface area contributed by atoms with E-state index in [-0.39, 0.29) is 23.7 Å². The normalized spacial score (nSPS) is 24.1. The minimum Gasteiger partial charge on any atom is -0.471 e. The monoisotopic (exact) mass is 513 g/mol. The summed E-state index contributed by atoms with van der Waals surface area (Å²) in [4.78, 5) is 38.9. The van der Waals surface area contributed by atoms with Crippen molar-refractivity contribution in [1.82, 2.24) is 25.1 Å². The molecule has 10 nitrogen and oxygen atoms in total. The van der Waals surface area contributed by atoms with E-state index in [2.05, 4.69) is 26.2 Å². The quantitative estimate of drug-likeness (QED) is 0.390. The molecular weight excluding hydrogens is 474 g/mol. The highest BCUT2D eigenvalue weighted by molar-refractivity contribution is 5.89. The number of nitrogens with zero attached hydrogens (tertiary/aromatic N) is 4. The lowest BCUT2D eigenvalue weighted by molar-refractivity contribution is -0.153. The van der Waals surface area contributed by atoms with E-state index in [1.54, 1.807) is 0 Å². The molecule has 1 aromatic rings. The molecule has 202 valence electrons. The maximum absolute atomic E-state index is 12.8. The second-order valence-electron chi connectivity index (χ2n) is 9.93. The molecule has 2 aliphatic heterocycles. The van der Waals surface area contributed by atoms with Crippen molar-refractivity contribution in [3.63, 3.8) is 0 Å². The molecule has 1 fully saturated rings. The van der Waals surface area contributed by atoms with Gasteiger partial charge in [-0.1, -0.05) is 6.08 Å². The SMILES string of the molecule is CCOC1OC=C(C(=O)OC)C2CC=C(CNC(=O)CN3CCN(Cc4nc(C)c(C)nc4C)CC3)C12. The Bertz CT molecular complexity index is 1060. The summed E-state index contributed by atoms with van der Waals surface area (Å²) in [5, 5.41) is 3.07. The van der Waals surface area contributed by atoms with E-state index in [1.165, 1.54) is 13.4 Å². The van der Waals surface area contributed by atoms with Crippen LogP contribution in [0.3, 0.4) is 0 Å². The number of piperazine rings is 1. The molecule has 0 spiro atoms. The third-order valence-electron chi connectivity index (χ3n) is 7.54. The molecular formula is C27H39N5O5. The fraction of sp³-hybridized carbons (Fsp3) is 0.630. The van der Waals surface area contributed by atoms with Crippen LogP contribution < -0.4 is 5.32 Å². The summed E-state index contributed by atoms with van der Waals surface area (Å²) in [7, 11) is 1.37. The number of aromatic nitrogens is 2. The molecule has 0 bridgehead atoms. The number of aryl methyl sites for hydroxylation is 3. The van der Waals surface area contributed by atoms with Gasteiger partial charge in [-0.25, -0.2) is 4.79 Å². The largest absolute Gasteiger partial charge is 0.471 e. The molecule has 3 unspecified atom stereocenters. The van der Waals surface area contributed by atoms with E-state index in [0.717, 1.165) is 61.1 Å². The van der Waals surface area contributed by atoms with Gasteiger partial charge in [0, 0.05) is 51.8 Å². The summed E-state index contributed by atoms with van der Waals surface area (Å²) in [6.07, 6.45) is 3.77. The van der Waals surface area contributed by atoms with Gasteiger partial charge in [-0.3, -0.25) is 24.6 Å². The number of rotatable bonds is 9. The van der Waals surface area contributed by atoms with Crippen molar-refractivity contribution in [2.24, 2.45) is 11.8 Å². The fourth-order valence-electron chi connectivity index (χ4n) is 5.32. The van der Waals surface area contributed by atoms with Crippen molar-refractivity contribution in [1.29, 1.82) is 0 Å². The van der Waals surface area contributed by atoms with E-state index < -0.39 is 6.29 Å². The Kier molecular flexibility index (Phi) is 8.94. The molecule has 1 saturated heterocycles. The van der Waals surface area contributed by atoms with E-state index in [4.69, 9.17) is 19.2 Å². The van der Waals surface area contributed by atoms with Crippen molar-refractivity contribution in [3.05, 3.63) is 46.3 Å². The number of methoxy groups -OCH3 is 1. The average Bonchev–Trinajstić information content (AvgIpc) is 3.31. The van der Waals surface area contributed by atoms with Crippen LogP contribution in [0.1, 0.15) is 36.1 Å². The van der Waals surface area contributed by atoms with Gasteiger partial charge in [0.1, 0.15) is 0 Å². The lowest BCUT2D eigenvalue weighted by Crippen LogP contribution is -2.49. The predicted octanol–water partition coefficient (Wildman–Crippen LogP) is 1.65. The first-order chi connectivity index (χ1) is 17.8. The van der Waals surface area contributed by atoms with Gasteiger partial charge in [-0.05, 0) is 39.7 Å². The molecule has 37 heavy (non-hydrogen) atoms. The molecule has 3 atom stereocenters. The third kappa shape index (κ3) is 6.37. The predicted molar refractivity (Wildman–Crippen MR) is 137 cm³/mol. The van der Waals surface area contributed by atoms with Crippen molar-refractivity contribution in [2.75, 3.05) is 53.0 Å². The molecule has 0 saturated carbocycles. The summed E-state index contributed by atoms with van der Waals surface area (Å²) in [6, 6.07) is 0. The Morgan fingerprint density at radius 2 is 1.78 bits per heavy atom. The Morgan fingerprint density at radius 3 is 2.49 bits per heavy atom. The van der Waals surface area contributed by atoms with Crippen LogP contribution in [0, 0.1) is 32.6 Å². The van der Waals surface area contributed by atoms with Crippen molar-refractivity contribution >= 4 is 11.9 Å². The molecule has 1 amide bonds. The zero-order valence-electron chi connectivity index (χ0n) is 22.6. The average molecular weight is 514 g/mol. The van der Waals surface area contributed by atoms with Gasteiger partial charge in [0.15, 0.2) is 0 Å². The Balaban J connectivity index is 1.25. The van der Waals surface area contributed by atoms with Gasteiger partial charge in [-0.15, -0.1) is 0 Å². The zero-order chi connectivity index (χ0) is 26.5. The number of fused-ring (bicyclic) bond motifs is 1. The van der Waals surface area contributed by atoms with Gasteiger partial charge >= 0.3 is 5.97 Å². The first kappa shape index (κ1) is 27.2. The molecule has 10 heteroatoms. The van der Waals surface area contributed by atoms with Crippen LogP contribution in [0.4, 0.5) is 0 Å². The fourth-order valence-corrected chi connectivity index (χ4v) is 5.32. The maximum Gasteiger partial charge on any atom is 0.337 e. The highest BCUT2D eigenvalue weighted by Gasteiger charge is 2.44. The molecule has 4 rings (SSSR count). The Labute approximate surface area is 219 Å². The van der Waals surface area contributed by atoms with Gasteiger partial charge in [0.05, 0.1) is 54.2 Å². The lowest BCUT2D eigenvalue weighted by Gasteiger charge is -2.35. The molecule has 1 aromatic heterocycles. The van der Waals surface area contributed by atoms with Crippen molar-refractivity contribution < 1.29 is 23.8 Å². The first-order valence-electron chi connectivity index (χ1n) is 13.1. The number of carbonyl (C=O) groups is 2. The lowest BCUT2D eigenvalue weighted by atomic mass is 9.83. The smallest absolute Gasteiger partial charge is 0.337 e. The van der Waals surface area contributed by atoms with E-state index in [0.29, 0.717) is 31.7 Å². The number of amides is 1. The molecule has 1 N–H and O–H groups in total. The van der Waals surface area contributed by atoms with Gasteiger partial charge < -0.3 is 19.5 Å². The van der Waals surface area contributed by atoms with Crippen molar-refractivity contribution in [2.45, 2.75) is 47.0 Å². The Hall–Kier alpha value is -2.82. The molecule has 0 aromatic carbocycles.